The first-order chi connectivity index (χ1) is 27.6. The van der Waals surface area contributed by atoms with Crippen LogP contribution in [0.3, 0.4) is 0 Å². The number of piperazine rings is 1. The van der Waals surface area contributed by atoms with Gasteiger partial charge in [-0.25, -0.2) is 14.6 Å². The first-order valence-electron chi connectivity index (χ1n) is 19.4. The lowest BCUT2D eigenvalue weighted by Gasteiger charge is -2.36. The van der Waals surface area contributed by atoms with Crippen molar-refractivity contribution < 1.29 is 9.59 Å². The topological polar surface area (TPSA) is 238 Å². The second-order valence-electron chi connectivity index (χ2n) is 15.5. The molecule has 0 bridgehead atoms. The molecule has 2 aliphatic heterocycles. The predicted octanol–water partition coefficient (Wildman–Crippen LogP) is 3.14. The summed E-state index contributed by atoms with van der Waals surface area (Å²) in [6.07, 6.45) is 11.5. The molecular formula is C39H44N16O2. The first kappa shape index (κ1) is 37.4. The standard InChI is InChI=1S/C39H44N16O2/c1-24(19-40)45-29-18-34(55-37-28(21-44-55)17-27(20-41)36(42)47-37)43-22-31(29)54-23-30(48-51-54)26-5-3-25(4-6-26)10-12-52-13-15-53(16-14-52)33-8-7-32(49-50-33)39(2)11-9-35(56)46-38(39)57/h7-8,17-18,21-26H,3-6,9-16H2,1-2H3,(H2,42,47)(H,43,45)(H,46,56,57)/t24-,25?,26?,39-/m1/s1. The molecule has 0 spiro atoms. The van der Waals surface area contributed by atoms with Gasteiger partial charge in [0.25, 0.3) is 0 Å². The summed E-state index contributed by atoms with van der Waals surface area (Å²) >= 11 is 0. The van der Waals surface area contributed by atoms with Gasteiger partial charge in [0.1, 0.15) is 23.6 Å². The third-order valence-electron chi connectivity index (χ3n) is 11.7. The molecular weight excluding hydrogens is 725 g/mol. The highest BCUT2D eigenvalue weighted by Crippen LogP contribution is 2.37. The summed E-state index contributed by atoms with van der Waals surface area (Å²) in [6, 6.07) is 11.0. The molecule has 5 aromatic rings. The minimum atomic E-state index is -0.847. The zero-order chi connectivity index (χ0) is 39.7. The number of hydrogen-bond donors (Lipinski definition) is 3. The van der Waals surface area contributed by atoms with Gasteiger partial charge in [-0.15, -0.1) is 10.2 Å². The van der Waals surface area contributed by atoms with Crippen LogP contribution in [0.5, 0.6) is 0 Å². The van der Waals surface area contributed by atoms with E-state index in [1.54, 1.807) is 40.8 Å². The molecule has 7 heterocycles. The van der Waals surface area contributed by atoms with E-state index in [0.717, 1.165) is 76.3 Å². The van der Waals surface area contributed by atoms with Crippen LogP contribution in [-0.2, 0) is 15.0 Å². The normalized spacial score (nSPS) is 22.1. The highest BCUT2D eigenvalue weighted by molar-refractivity contribution is 6.03. The van der Waals surface area contributed by atoms with Crippen LogP contribution in [0.4, 0.5) is 17.3 Å². The van der Waals surface area contributed by atoms with Gasteiger partial charge in [-0.2, -0.15) is 25.4 Å². The number of nitrogens with zero attached hydrogens (tertiary/aromatic N) is 13. The van der Waals surface area contributed by atoms with Crippen molar-refractivity contribution in [3.8, 4) is 23.6 Å². The smallest absolute Gasteiger partial charge is 0.238 e. The van der Waals surface area contributed by atoms with Gasteiger partial charge in [-0.3, -0.25) is 19.8 Å². The Kier molecular flexibility index (Phi) is 10.2. The number of anilines is 3. The fourth-order valence-electron chi connectivity index (χ4n) is 8.08. The molecule has 1 aliphatic carbocycles. The molecule has 0 radical (unpaired) electrons. The van der Waals surface area contributed by atoms with E-state index >= 15 is 0 Å². The quantitative estimate of drug-likeness (QED) is 0.173. The van der Waals surface area contributed by atoms with Crippen molar-refractivity contribution in [2.24, 2.45) is 5.92 Å². The van der Waals surface area contributed by atoms with E-state index in [2.05, 4.69) is 62.1 Å². The highest BCUT2D eigenvalue weighted by Gasteiger charge is 2.41. The number of hydrogen-bond acceptors (Lipinski definition) is 15. The van der Waals surface area contributed by atoms with Gasteiger partial charge in [0.15, 0.2) is 17.3 Å². The lowest BCUT2D eigenvalue weighted by molar-refractivity contribution is -0.137. The predicted molar refractivity (Wildman–Crippen MR) is 209 cm³/mol. The molecule has 5 aromatic heterocycles. The van der Waals surface area contributed by atoms with Crippen molar-refractivity contribution in [2.45, 2.75) is 76.2 Å². The van der Waals surface area contributed by atoms with Crippen LogP contribution in [0.2, 0.25) is 0 Å². The van der Waals surface area contributed by atoms with Crippen molar-refractivity contribution in [2.75, 3.05) is 48.7 Å². The van der Waals surface area contributed by atoms with Crippen molar-refractivity contribution in [3.05, 3.63) is 59.8 Å². The van der Waals surface area contributed by atoms with E-state index in [1.165, 1.54) is 0 Å². The maximum absolute atomic E-state index is 12.5. The lowest BCUT2D eigenvalue weighted by atomic mass is 9.78. The van der Waals surface area contributed by atoms with Crippen LogP contribution in [0.25, 0.3) is 22.5 Å². The Balaban J connectivity index is 0.845. The molecule has 3 fully saturated rings. The number of carbonyl (C=O) groups is 2. The van der Waals surface area contributed by atoms with Gasteiger partial charge in [0.05, 0.1) is 52.7 Å². The second-order valence-corrected chi connectivity index (χ2v) is 15.5. The van der Waals surface area contributed by atoms with E-state index in [0.29, 0.717) is 58.6 Å². The van der Waals surface area contributed by atoms with E-state index < -0.39 is 11.5 Å². The number of pyridine rings is 2. The van der Waals surface area contributed by atoms with E-state index in [-0.39, 0.29) is 23.2 Å². The summed E-state index contributed by atoms with van der Waals surface area (Å²) in [6.45, 7) is 8.29. The maximum atomic E-state index is 12.5. The maximum Gasteiger partial charge on any atom is 0.238 e. The van der Waals surface area contributed by atoms with Crippen LogP contribution < -0.4 is 21.3 Å². The van der Waals surface area contributed by atoms with Crippen molar-refractivity contribution >= 4 is 40.2 Å². The van der Waals surface area contributed by atoms with Crippen LogP contribution in [0.1, 0.15) is 81.7 Å². The summed E-state index contributed by atoms with van der Waals surface area (Å²) in [7, 11) is 0. The number of nitrogens with two attached hydrogens (primary N) is 1. The van der Waals surface area contributed by atoms with Gasteiger partial charge in [0.2, 0.25) is 11.8 Å². The summed E-state index contributed by atoms with van der Waals surface area (Å²) in [4.78, 5) is 38.0. The molecule has 18 nitrogen and oxygen atoms in total. The Bertz CT molecular complexity index is 2380. The largest absolute Gasteiger partial charge is 0.383 e. The van der Waals surface area contributed by atoms with Crippen molar-refractivity contribution in [1.29, 1.82) is 10.5 Å². The number of amides is 2. The minimum absolute atomic E-state index is 0.110. The zero-order valence-corrected chi connectivity index (χ0v) is 32.0. The van der Waals surface area contributed by atoms with Crippen molar-refractivity contribution in [1.82, 2.24) is 55.2 Å². The number of piperidine rings is 1. The van der Waals surface area contributed by atoms with Gasteiger partial charge in [-0.1, -0.05) is 5.21 Å². The van der Waals surface area contributed by atoms with Gasteiger partial charge < -0.3 is 16.0 Å². The monoisotopic (exact) mass is 768 g/mol. The average Bonchev–Trinajstić information content (AvgIpc) is 3.89. The third-order valence-corrected chi connectivity index (χ3v) is 11.7. The molecule has 292 valence electrons. The summed E-state index contributed by atoms with van der Waals surface area (Å²) in [5.41, 5.74) is 8.71. The number of imide groups is 1. The van der Waals surface area contributed by atoms with Gasteiger partial charge >= 0.3 is 0 Å². The summed E-state index contributed by atoms with van der Waals surface area (Å²) in [5, 5.41) is 47.7. The number of aromatic nitrogens is 9. The number of nitrogens with one attached hydrogen (secondary N) is 2. The zero-order valence-electron chi connectivity index (χ0n) is 32.0. The van der Waals surface area contributed by atoms with Gasteiger partial charge in [-0.05, 0) is 83.0 Å². The fourth-order valence-corrected chi connectivity index (χ4v) is 8.08. The van der Waals surface area contributed by atoms with Crippen LogP contribution >= 0.6 is 0 Å². The Labute approximate surface area is 329 Å². The van der Waals surface area contributed by atoms with Gasteiger partial charge in [0, 0.05) is 50.0 Å². The van der Waals surface area contributed by atoms with Crippen molar-refractivity contribution in [3.63, 3.8) is 0 Å². The van der Waals surface area contributed by atoms with Crippen LogP contribution in [-0.4, -0.2) is 100 Å². The SMILES string of the molecule is C[C@H](C#N)Nc1cc(-n2ncc3cc(C#N)c(N)nc32)ncc1-n1cc(C2CCC(CCN3CCN(c4ccc([C@@]5(C)CCC(=O)NC5=O)nn4)CC3)CC2)nn1. The molecule has 0 unspecified atom stereocenters. The van der Waals surface area contributed by atoms with Crippen LogP contribution in [0.15, 0.2) is 42.9 Å². The summed E-state index contributed by atoms with van der Waals surface area (Å²) in [5.74, 6) is 1.80. The molecule has 0 aromatic carbocycles. The third kappa shape index (κ3) is 7.56. The number of fused-ring (bicyclic) bond motifs is 1. The van der Waals surface area contributed by atoms with E-state index in [4.69, 9.17) is 5.73 Å². The first-order valence-corrected chi connectivity index (χ1v) is 19.4. The van der Waals surface area contributed by atoms with Crippen LogP contribution in [0, 0.1) is 28.6 Å². The Morgan fingerprint density at radius 3 is 2.56 bits per heavy atom. The molecule has 8 rings (SSSR count). The Hall–Kier alpha value is -6.53. The minimum Gasteiger partial charge on any atom is -0.383 e. The molecule has 3 aliphatic rings. The number of nitrogen functional groups attached to an aromatic ring is 1. The number of rotatable bonds is 10. The molecule has 1 saturated carbocycles. The molecule has 2 amide bonds. The second kappa shape index (κ2) is 15.5. The number of carbonyl (C=O) groups excluding carboxylic acids is 2. The van der Waals surface area contributed by atoms with E-state index in [1.807, 2.05) is 31.3 Å². The Morgan fingerprint density at radius 1 is 1.04 bits per heavy atom. The molecule has 57 heavy (non-hydrogen) atoms. The lowest BCUT2D eigenvalue weighted by Crippen LogP contribution is -2.50. The summed E-state index contributed by atoms with van der Waals surface area (Å²) < 4.78 is 3.26. The van der Waals surface area contributed by atoms with E-state index in [9.17, 15) is 20.1 Å². The molecule has 2 saturated heterocycles. The Morgan fingerprint density at radius 2 is 1.84 bits per heavy atom. The molecule has 2 atom stereocenters. The highest BCUT2D eigenvalue weighted by atomic mass is 16.2. The molecule has 18 heteroatoms. The number of nitriles is 2. The fraction of sp³-hybridized carbons (Fsp3) is 0.462. The average molecular weight is 769 g/mol. The molecule has 4 N–H and O–H groups in total.